The standard InChI is InChI=1S/C15H22ClNO/c1-11(6-7-18)10-17-15-8-13(9-15)12-2-4-14(16)5-3-12/h2-5,11,13,15,17-18H,6-10H2,1H3. The molecule has 0 saturated heterocycles. The number of benzene rings is 1. The molecule has 100 valence electrons. The number of nitrogens with one attached hydrogen (secondary N) is 1. The number of hydrogen-bond donors (Lipinski definition) is 2. The SMILES string of the molecule is CC(CCO)CNC1CC(c2ccc(Cl)cc2)C1. The Kier molecular flexibility index (Phi) is 5.04. The van der Waals surface area contributed by atoms with Crippen molar-refractivity contribution in [1.29, 1.82) is 0 Å². The molecule has 1 aliphatic carbocycles. The normalized spacial score (nSPS) is 24.6. The molecule has 1 saturated carbocycles. The summed E-state index contributed by atoms with van der Waals surface area (Å²) in [5.74, 6) is 1.25. The topological polar surface area (TPSA) is 32.3 Å². The molecular formula is C15H22ClNO. The van der Waals surface area contributed by atoms with E-state index in [4.69, 9.17) is 16.7 Å². The van der Waals surface area contributed by atoms with Gasteiger partial charge in [0.2, 0.25) is 0 Å². The van der Waals surface area contributed by atoms with Crippen LogP contribution in [0.1, 0.15) is 37.7 Å². The summed E-state index contributed by atoms with van der Waals surface area (Å²) < 4.78 is 0. The molecule has 1 aromatic carbocycles. The van der Waals surface area contributed by atoms with Crippen LogP contribution >= 0.6 is 11.6 Å². The highest BCUT2D eigenvalue weighted by Crippen LogP contribution is 2.37. The lowest BCUT2D eigenvalue weighted by Gasteiger charge is -2.37. The van der Waals surface area contributed by atoms with E-state index in [0.717, 1.165) is 18.0 Å². The third kappa shape index (κ3) is 3.71. The first-order valence-corrected chi connectivity index (χ1v) is 7.16. The van der Waals surface area contributed by atoms with Gasteiger partial charge in [-0.1, -0.05) is 30.7 Å². The summed E-state index contributed by atoms with van der Waals surface area (Å²) in [5.41, 5.74) is 1.40. The first-order valence-electron chi connectivity index (χ1n) is 6.78. The second-order valence-electron chi connectivity index (χ2n) is 5.44. The van der Waals surface area contributed by atoms with Gasteiger partial charge in [-0.25, -0.2) is 0 Å². The van der Waals surface area contributed by atoms with Crippen LogP contribution in [0.3, 0.4) is 0 Å². The predicted molar refractivity (Wildman–Crippen MR) is 76.1 cm³/mol. The Morgan fingerprint density at radius 2 is 2.00 bits per heavy atom. The summed E-state index contributed by atoms with van der Waals surface area (Å²) in [6.45, 7) is 3.48. The molecule has 18 heavy (non-hydrogen) atoms. The van der Waals surface area contributed by atoms with E-state index in [1.54, 1.807) is 0 Å². The van der Waals surface area contributed by atoms with Gasteiger partial charge in [-0.2, -0.15) is 0 Å². The van der Waals surface area contributed by atoms with Crippen molar-refractivity contribution in [2.45, 2.75) is 38.1 Å². The fourth-order valence-electron chi connectivity index (χ4n) is 2.48. The number of aliphatic hydroxyl groups excluding tert-OH is 1. The lowest BCUT2D eigenvalue weighted by molar-refractivity contribution is 0.240. The largest absolute Gasteiger partial charge is 0.396 e. The molecule has 0 heterocycles. The van der Waals surface area contributed by atoms with Crippen LogP contribution in [0.25, 0.3) is 0 Å². The third-order valence-electron chi connectivity index (χ3n) is 3.86. The molecule has 2 nitrogen and oxygen atoms in total. The molecule has 0 spiro atoms. The average molecular weight is 268 g/mol. The van der Waals surface area contributed by atoms with Crippen molar-refractivity contribution in [3.05, 3.63) is 34.9 Å². The maximum Gasteiger partial charge on any atom is 0.0434 e. The Morgan fingerprint density at radius 3 is 2.61 bits per heavy atom. The van der Waals surface area contributed by atoms with Gasteiger partial charge in [0, 0.05) is 17.7 Å². The first kappa shape index (κ1) is 13.9. The summed E-state index contributed by atoms with van der Waals surface area (Å²) in [6.07, 6.45) is 3.32. The molecule has 0 amide bonds. The molecule has 1 aliphatic rings. The van der Waals surface area contributed by atoms with Gasteiger partial charge in [0.15, 0.2) is 0 Å². The highest BCUT2D eigenvalue weighted by molar-refractivity contribution is 6.30. The van der Waals surface area contributed by atoms with Gasteiger partial charge in [0.05, 0.1) is 0 Å². The molecule has 2 N–H and O–H groups in total. The van der Waals surface area contributed by atoms with Crippen LogP contribution in [-0.4, -0.2) is 24.3 Å². The van der Waals surface area contributed by atoms with Gasteiger partial charge in [-0.05, 0) is 55.3 Å². The minimum atomic E-state index is 0.293. The maximum atomic E-state index is 8.85. The van der Waals surface area contributed by atoms with E-state index in [9.17, 15) is 0 Å². The summed E-state index contributed by atoms with van der Waals surface area (Å²) in [7, 11) is 0. The van der Waals surface area contributed by atoms with Gasteiger partial charge < -0.3 is 10.4 Å². The van der Waals surface area contributed by atoms with Gasteiger partial charge in [0.1, 0.15) is 0 Å². The van der Waals surface area contributed by atoms with E-state index < -0.39 is 0 Å². The summed E-state index contributed by atoms with van der Waals surface area (Å²) in [6, 6.07) is 8.86. The fraction of sp³-hybridized carbons (Fsp3) is 0.600. The molecule has 0 aliphatic heterocycles. The summed E-state index contributed by atoms with van der Waals surface area (Å²) in [4.78, 5) is 0. The smallest absolute Gasteiger partial charge is 0.0434 e. The highest BCUT2D eigenvalue weighted by atomic mass is 35.5. The van der Waals surface area contributed by atoms with Crippen molar-refractivity contribution in [2.75, 3.05) is 13.2 Å². The van der Waals surface area contributed by atoms with Gasteiger partial charge in [-0.15, -0.1) is 0 Å². The molecule has 1 unspecified atom stereocenters. The molecule has 3 heteroatoms. The predicted octanol–water partition coefficient (Wildman–Crippen LogP) is 3.19. The Morgan fingerprint density at radius 1 is 1.33 bits per heavy atom. The fourth-order valence-corrected chi connectivity index (χ4v) is 2.61. The number of hydrogen-bond acceptors (Lipinski definition) is 2. The van der Waals surface area contributed by atoms with Gasteiger partial charge >= 0.3 is 0 Å². The number of aliphatic hydroxyl groups is 1. The molecule has 0 bridgehead atoms. The Hall–Kier alpha value is -0.570. The maximum absolute atomic E-state index is 8.85. The molecule has 1 atom stereocenters. The lowest BCUT2D eigenvalue weighted by atomic mass is 9.76. The second-order valence-corrected chi connectivity index (χ2v) is 5.88. The van der Waals surface area contributed by atoms with Gasteiger partial charge in [-0.3, -0.25) is 0 Å². The zero-order valence-electron chi connectivity index (χ0n) is 10.9. The van der Waals surface area contributed by atoms with Crippen molar-refractivity contribution in [3.63, 3.8) is 0 Å². The molecular weight excluding hydrogens is 246 g/mol. The molecule has 0 aromatic heterocycles. The van der Waals surface area contributed by atoms with Crippen molar-refractivity contribution in [1.82, 2.24) is 5.32 Å². The lowest BCUT2D eigenvalue weighted by Crippen LogP contribution is -2.42. The molecule has 1 fully saturated rings. The van der Waals surface area contributed by atoms with E-state index in [1.807, 2.05) is 12.1 Å². The monoisotopic (exact) mass is 267 g/mol. The number of halogens is 1. The Balaban J connectivity index is 1.69. The summed E-state index contributed by atoms with van der Waals surface area (Å²) >= 11 is 5.89. The number of rotatable bonds is 6. The minimum Gasteiger partial charge on any atom is -0.396 e. The highest BCUT2D eigenvalue weighted by Gasteiger charge is 2.29. The van der Waals surface area contributed by atoms with Crippen LogP contribution in [0.15, 0.2) is 24.3 Å². The zero-order valence-corrected chi connectivity index (χ0v) is 11.7. The van der Waals surface area contributed by atoms with Crippen LogP contribution < -0.4 is 5.32 Å². The average Bonchev–Trinajstić information content (AvgIpc) is 2.29. The molecule has 1 aromatic rings. The van der Waals surface area contributed by atoms with Crippen molar-refractivity contribution in [2.24, 2.45) is 5.92 Å². The summed E-state index contributed by atoms with van der Waals surface area (Å²) in [5, 5.41) is 13.2. The van der Waals surface area contributed by atoms with Crippen LogP contribution in [0.5, 0.6) is 0 Å². The van der Waals surface area contributed by atoms with Crippen molar-refractivity contribution >= 4 is 11.6 Å². The van der Waals surface area contributed by atoms with E-state index >= 15 is 0 Å². The quantitative estimate of drug-likeness (QED) is 0.830. The molecule has 0 radical (unpaired) electrons. The van der Waals surface area contributed by atoms with E-state index in [1.165, 1.54) is 18.4 Å². The van der Waals surface area contributed by atoms with Crippen molar-refractivity contribution in [3.8, 4) is 0 Å². The van der Waals surface area contributed by atoms with E-state index in [-0.39, 0.29) is 0 Å². The Labute approximate surface area is 114 Å². The van der Waals surface area contributed by atoms with Crippen LogP contribution in [0.2, 0.25) is 5.02 Å². The second kappa shape index (κ2) is 6.55. The van der Waals surface area contributed by atoms with Crippen LogP contribution in [0, 0.1) is 5.92 Å². The van der Waals surface area contributed by atoms with Crippen LogP contribution in [0.4, 0.5) is 0 Å². The zero-order chi connectivity index (χ0) is 13.0. The minimum absolute atomic E-state index is 0.293. The third-order valence-corrected chi connectivity index (χ3v) is 4.11. The van der Waals surface area contributed by atoms with Gasteiger partial charge in [0.25, 0.3) is 0 Å². The first-order chi connectivity index (χ1) is 8.69. The Bertz CT molecular complexity index is 359. The van der Waals surface area contributed by atoms with E-state index in [2.05, 4.69) is 24.4 Å². The van der Waals surface area contributed by atoms with E-state index in [0.29, 0.717) is 24.5 Å². The molecule has 2 rings (SSSR count). The van der Waals surface area contributed by atoms with Crippen LogP contribution in [-0.2, 0) is 0 Å². The van der Waals surface area contributed by atoms with Crippen molar-refractivity contribution < 1.29 is 5.11 Å².